The largest absolute Gasteiger partial charge is 0.358 e. The Morgan fingerprint density at radius 3 is 2.29 bits per heavy atom. The van der Waals surface area contributed by atoms with Gasteiger partial charge in [-0.05, 0) is 37.1 Å². The van der Waals surface area contributed by atoms with Gasteiger partial charge in [-0.2, -0.15) is 0 Å². The van der Waals surface area contributed by atoms with Crippen molar-refractivity contribution < 1.29 is 9.59 Å². The summed E-state index contributed by atoms with van der Waals surface area (Å²) >= 11 is 0. The van der Waals surface area contributed by atoms with Crippen molar-refractivity contribution in [2.45, 2.75) is 26.2 Å². The molecule has 0 radical (unpaired) electrons. The number of carbonyl (C=O) groups excluding carboxylic acids is 2. The Hall–Kier alpha value is -1.14. The minimum atomic E-state index is 0.338. The number of nitrogens with one attached hydrogen (secondary N) is 1. The van der Waals surface area contributed by atoms with Gasteiger partial charge in [-0.15, -0.1) is 0 Å². The van der Waals surface area contributed by atoms with Crippen molar-refractivity contribution in [3.63, 3.8) is 0 Å². The van der Waals surface area contributed by atoms with Crippen molar-refractivity contribution in [2.24, 2.45) is 17.8 Å². The average molecular weight is 336 g/mol. The maximum Gasteiger partial charge on any atom is 0.223 e. The third-order valence-corrected chi connectivity index (χ3v) is 6.25. The van der Waals surface area contributed by atoms with E-state index in [0.29, 0.717) is 30.1 Å². The van der Waals surface area contributed by atoms with Gasteiger partial charge in [0.15, 0.2) is 0 Å². The van der Waals surface area contributed by atoms with Crippen molar-refractivity contribution in [1.29, 1.82) is 0 Å². The molecule has 6 heteroatoms. The van der Waals surface area contributed by atoms with E-state index in [1.807, 2.05) is 0 Å². The normalized spacial score (nSPS) is 31.2. The molecule has 0 aromatic carbocycles. The Morgan fingerprint density at radius 1 is 1.08 bits per heavy atom. The van der Waals surface area contributed by atoms with Gasteiger partial charge in [0.25, 0.3) is 0 Å². The summed E-state index contributed by atoms with van der Waals surface area (Å²) in [6, 6.07) is 0. The van der Waals surface area contributed by atoms with Gasteiger partial charge in [0.2, 0.25) is 12.3 Å². The van der Waals surface area contributed by atoms with Crippen LogP contribution in [0.15, 0.2) is 0 Å². The zero-order valence-corrected chi connectivity index (χ0v) is 15.0. The molecule has 2 aliphatic heterocycles. The van der Waals surface area contributed by atoms with Crippen molar-refractivity contribution >= 4 is 12.3 Å². The van der Waals surface area contributed by atoms with Gasteiger partial charge in [-0.1, -0.05) is 6.92 Å². The SMILES string of the molecule is CCN1CCN(CCC(=O)N2CC3CC(CNC=O)CC3C2)CC1. The topological polar surface area (TPSA) is 55.9 Å². The molecule has 2 amide bonds. The minimum absolute atomic E-state index is 0.338. The number of amides is 2. The number of fused-ring (bicyclic) bond motifs is 1. The number of carbonyl (C=O) groups is 2. The standard InChI is InChI=1S/C18H32N4O2/c1-2-20-5-7-21(8-6-20)4-3-18(24)22-12-16-9-15(11-19-14-23)10-17(16)13-22/h14-17H,2-13H2,1H3,(H,19,23). The second-order valence-corrected chi connectivity index (χ2v) is 7.71. The summed E-state index contributed by atoms with van der Waals surface area (Å²) in [7, 11) is 0. The number of likely N-dealkylation sites (tertiary alicyclic amines) is 1. The zero-order chi connectivity index (χ0) is 16.9. The molecule has 24 heavy (non-hydrogen) atoms. The monoisotopic (exact) mass is 336 g/mol. The number of hydrogen-bond donors (Lipinski definition) is 1. The molecule has 1 saturated carbocycles. The molecule has 3 fully saturated rings. The van der Waals surface area contributed by atoms with Gasteiger partial charge < -0.3 is 20.0 Å². The molecule has 2 heterocycles. The van der Waals surface area contributed by atoms with E-state index in [1.54, 1.807) is 0 Å². The summed E-state index contributed by atoms with van der Waals surface area (Å²) in [4.78, 5) is 29.9. The Morgan fingerprint density at radius 2 is 1.71 bits per heavy atom. The lowest BCUT2D eigenvalue weighted by atomic mass is 10.0. The molecule has 1 N–H and O–H groups in total. The first-order valence-corrected chi connectivity index (χ1v) is 9.59. The molecule has 0 spiro atoms. The van der Waals surface area contributed by atoms with Gasteiger partial charge in [0.1, 0.15) is 0 Å². The molecule has 2 unspecified atom stereocenters. The molecule has 6 nitrogen and oxygen atoms in total. The van der Waals surface area contributed by atoms with E-state index in [2.05, 4.69) is 26.9 Å². The summed E-state index contributed by atoms with van der Waals surface area (Å²) in [5.74, 6) is 2.25. The predicted molar refractivity (Wildman–Crippen MR) is 93.5 cm³/mol. The lowest BCUT2D eigenvalue weighted by Gasteiger charge is -2.34. The van der Waals surface area contributed by atoms with E-state index in [0.717, 1.165) is 78.2 Å². The van der Waals surface area contributed by atoms with Gasteiger partial charge in [-0.25, -0.2) is 0 Å². The minimum Gasteiger partial charge on any atom is -0.358 e. The maximum absolute atomic E-state index is 12.5. The molecule has 136 valence electrons. The van der Waals surface area contributed by atoms with E-state index in [1.165, 1.54) is 0 Å². The highest BCUT2D eigenvalue weighted by atomic mass is 16.2. The molecular formula is C18H32N4O2. The second-order valence-electron chi connectivity index (χ2n) is 7.71. The first kappa shape index (κ1) is 17.7. The van der Waals surface area contributed by atoms with Crippen molar-refractivity contribution in [3.8, 4) is 0 Å². The van der Waals surface area contributed by atoms with Gasteiger partial charge >= 0.3 is 0 Å². The van der Waals surface area contributed by atoms with Crippen LogP contribution in [0.4, 0.5) is 0 Å². The van der Waals surface area contributed by atoms with Crippen LogP contribution < -0.4 is 5.32 Å². The van der Waals surface area contributed by atoms with Gasteiger partial charge in [-0.3, -0.25) is 9.59 Å². The molecule has 2 saturated heterocycles. The third-order valence-electron chi connectivity index (χ3n) is 6.25. The fourth-order valence-corrected chi connectivity index (χ4v) is 4.75. The van der Waals surface area contributed by atoms with Crippen LogP contribution >= 0.6 is 0 Å². The van der Waals surface area contributed by atoms with Crippen LogP contribution in [-0.2, 0) is 9.59 Å². The van der Waals surface area contributed by atoms with Crippen LogP contribution in [0, 0.1) is 17.8 Å². The lowest BCUT2D eigenvalue weighted by Crippen LogP contribution is -2.47. The molecule has 0 aromatic rings. The fraction of sp³-hybridized carbons (Fsp3) is 0.889. The van der Waals surface area contributed by atoms with Crippen LogP contribution in [0.5, 0.6) is 0 Å². The smallest absolute Gasteiger partial charge is 0.223 e. The second kappa shape index (κ2) is 8.30. The molecular weight excluding hydrogens is 304 g/mol. The first-order valence-electron chi connectivity index (χ1n) is 9.59. The summed E-state index contributed by atoms with van der Waals surface area (Å²) < 4.78 is 0. The maximum atomic E-state index is 12.5. The van der Waals surface area contributed by atoms with E-state index in [9.17, 15) is 9.59 Å². The summed E-state index contributed by atoms with van der Waals surface area (Å²) in [5, 5.41) is 2.81. The number of likely N-dealkylation sites (N-methyl/N-ethyl adjacent to an activating group) is 1. The van der Waals surface area contributed by atoms with E-state index >= 15 is 0 Å². The highest BCUT2D eigenvalue weighted by Gasteiger charge is 2.41. The Balaban J connectivity index is 1.35. The fourth-order valence-electron chi connectivity index (χ4n) is 4.75. The van der Waals surface area contributed by atoms with Crippen LogP contribution in [-0.4, -0.2) is 85.9 Å². The zero-order valence-electron chi connectivity index (χ0n) is 15.0. The van der Waals surface area contributed by atoms with E-state index < -0.39 is 0 Å². The first-order chi connectivity index (χ1) is 11.7. The number of piperazine rings is 1. The van der Waals surface area contributed by atoms with Gasteiger partial charge in [0.05, 0.1) is 0 Å². The molecule has 0 bridgehead atoms. The van der Waals surface area contributed by atoms with Crippen molar-refractivity contribution in [3.05, 3.63) is 0 Å². The summed E-state index contributed by atoms with van der Waals surface area (Å²) in [6.45, 7) is 11.4. The third kappa shape index (κ3) is 4.28. The molecule has 0 aromatic heterocycles. The highest BCUT2D eigenvalue weighted by molar-refractivity contribution is 5.76. The number of nitrogens with zero attached hydrogens (tertiary/aromatic N) is 3. The van der Waals surface area contributed by atoms with Crippen LogP contribution in [0.2, 0.25) is 0 Å². The van der Waals surface area contributed by atoms with E-state index in [4.69, 9.17) is 0 Å². The van der Waals surface area contributed by atoms with Crippen LogP contribution in [0.1, 0.15) is 26.2 Å². The Labute approximate surface area is 145 Å². The van der Waals surface area contributed by atoms with Crippen LogP contribution in [0.25, 0.3) is 0 Å². The van der Waals surface area contributed by atoms with Gasteiger partial charge in [0, 0.05) is 58.8 Å². The quantitative estimate of drug-likeness (QED) is 0.677. The van der Waals surface area contributed by atoms with Crippen molar-refractivity contribution in [2.75, 3.05) is 58.9 Å². The summed E-state index contributed by atoms with van der Waals surface area (Å²) in [5.41, 5.74) is 0. The molecule has 3 rings (SSSR count). The number of rotatable bonds is 7. The molecule has 3 aliphatic rings. The number of hydrogen-bond acceptors (Lipinski definition) is 4. The Bertz CT molecular complexity index is 423. The highest BCUT2D eigenvalue weighted by Crippen LogP contribution is 2.41. The van der Waals surface area contributed by atoms with Crippen molar-refractivity contribution in [1.82, 2.24) is 20.0 Å². The van der Waals surface area contributed by atoms with Crippen LogP contribution in [0.3, 0.4) is 0 Å². The molecule has 1 aliphatic carbocycles. The average Bonchev–Trinajstić information content (AvgIpc) is 3.17. The lowest BCUT2D eigenvalue weighted by molar-refractivity contribution is -0.131. The molecule has 2 atom stereocenters. The Kier molecular flexibility index (Phi) is 6.11. The predicted octanol–water partition coefficient (Wildman–Crippen LogP) is 0.245. The van der Waals surface area contributed by atoms with E-state index in [-0.39, 0.29) is 0 Å². The summed E-state index contributed by atoms with van der Waals surface area (Å²) in [6.07, 6.45) is 3.79.